The summed E-state index contributed by atoms with van der Waals surface area (Å²) < 4.78 is 66.6. The van der Waals surface area contributed by atoms with Crippen LogP contribution in [-0.2, 0) is 6.42 Å². The average Bonchev–Trinajstić information content (AvgIpc) is 2.94. The van der Waals surface area contributed by atoms with Crippen molar-refractivity contribution in [3.8, 4) is 0 Å². The number of fused-ring (bicyclic) bond motifs is 1. The molecule has 3 rings (SSSR count). The van der Waals surface area contributed by atoms with Gasteiger partial charge in [-0.1, -0.05) is 24.3 Å². The van der Waals surface area contributed by atoms with E-state index in [2.05, 4.69) is 5.32 Å². The van der Waals surface area contributed by atoms with E-state index in [1.165, 1.54) is 0 Å². The second kappa shape index (κ2) is 5.64. The first kappa shape index (κ1) is 15.5. The van der Waals surface area contributed by atoms with Crippen LogP contribution in [0.2, 0.25) is 0 Å². The molecule has 0 fully saturated rings. The molecule has 2 nitrogen and oxygen atoms in total. The van der Waals surface area contributed by atoms with Gasteiger partial charge in [-0.2, -0.15) is 0 Å². The molecule has 1 unspecified atom stereocenters. The fourth-order valence-corrected chi connectivity index (χ4v) is 2.74. The Morgan fingerprint density at radius 3 is 2.13 bits per heavy atom. The number of carbonyl (C=O) groups is 1. The van der Waals surface area contributed by atoms with E-state index in [9.17, 15) is 26.7 Å². The van der Waals surface area contributed by atoms with Crippen LogP contribution in [-0.4, -0.2) is 5.91 Å². The molecule has 0 aliphatic heterocycles. The van der Waals surface area contributed by atoms with E-state index in [0.717, 1.165) is 11.1 Å². The number of halogens is 5. The van der Waals surface area contributed by atoms with Crippen molar-refractivity contribution in [2.45, 2.75) is 18.9 Å². The minimum absolute atomic E-state index is 0.487. The third-order valence-corrected chi connectivity index (χ3v) is 3.88. The topological polar surface area (TPSA) is 29.1 Å². The van der Waals surface area contributed by atoms with E-state index >= 15 is 0 Å². The molecule has 1 N–H and O–H groups in total. The van der Waals surface area contributed by atoms with Crippen LogP contribution in [0.25, 0.3) is 0 Å². The van der Waals surface area contributed by atoms with Crippen LogP contribution < -0.4 is 5.32 Å². The molecule has 120 valence electrons. The summed E-state index contributed by atoms with van der Waals surface area (Å²) in [6.07, 6.45) is 1.14. The molecule has 7 heteroatoms. The van der Waals surface area contributed by atoms with Crippen LogP contribution in [0.3, 0.4) is 0 Å². The molecule has 1 aliphatic rings. The van der Waals surface area contributed by atoms with Crippen molar-refractivity contribution in [3.05, 3.63) is 70.0 Å². The summed E-state index contributed by atoms with van der Waals surface area (Å²) in [4.78, 5) is 12.0. The van der Waals surface area contributed by atoms with Crippen LogP contribution in [0.4, 0.5) is 22.0 Å². The highest BCUT2D eigenvalue weighted by atomic mass is 19.2. The smallest absolute Gasteiger partial charge is 0.257 e. The number of carbonyl (C=O) groups excluding carboxylic acids is 1. The summed E-state index contributed by atoms with van der Waals surface area (Å²) in [7, 11) is 0. The molecule has 2 aromatic rings. The van der Waals surface area contributed by atoms with Crippen molar-refractivity contribution in [2.75, 3.05) is 0 Å². The Hall–Kier alpha value is -2.44. The Kier molecular flexibility index (Phi) is 3.79. The van der Waals surface area contributed by atoms with E-state index < -0.39 is 46.6 Å². The van der Waals surface area contributed by atoms with E-state index in [1.54, 1.807) is 12.1 Å². The van der Waals surface area contributed by atoms with Crippen molar-refractivity contribution >= 4 is 5.91 Å². The lowest BCUT2D eigenvalue weighted by molar-refractivity contribution is 0.0925. The molecule has 0 saturated carbocycles. The number of nitrogens with one attached hydrogen (secondary N) is 1. The van der Waals surface area contributed by atoms with Crippen molar-refractivity contribution in [1.29, 1.82) is 0 Å². The van der Waals surface area contributed by atoms with Gasteiger partial charge in [0.1, 0.15) is 5.56 Å². The minimum Gasteiger partial charge on any atom is -0.345 e. The van der Waals surface area contributed by atoms with E-state index in [0.29, 0.717) is 12.8 Å². The lowest BCUT2D eigenvalue weighted by atomic mass is 10.1. The Morgan fingerprint density at radius 1 is 0.913 bits per heavy atom. The molecule has 0 aromatic heterocycles. The second-order valence-electron chi connectivity index (χ2n) is 5.21. The molecule has 0 saturated heterocycles. The SMILES string of the molecule is O=C(NC1CCc2ccccc21)c1c(F)c(F)c(F)c(F)c1F. The zero-order valence-electron chi connectivity index (χ0n) is 11.6. The van der Waals surface area contributed by atoms with Gasteiger partial charge in [-0.05, 0) is 24.0 Å². The largest absolute Gasteiger partial charge is 0.345 e. The Balaban J connectivity index is 1.94. The van der Waals surface area contributed by atoms with Crippen molar-refractivity contribution in [2.24, 2.45) is 0 Å². The summed E-state index contributed by atoms with van der Waals surface area (Å²) in [5, 5.41) is 2.33. The van der Waals surface area contributed by atoms with Crippen molar-refractivity contribution < 1.29 is 26.7 Å². The summed E-state index contributed by atoms with van der Waals surface area (Å²) >= 11 is 0. The number of benzene rings is 2. The maximum Gasteiger partial charge on any atom is 0.257 e. The van der Waals surface area contributed by atoms with Gasteiger partial charge in [0.15, 0.2) is 23.3 Å². The average molecular weight is 327 g/mol. The molecule has 0 radical (unpaired) electrons. The third-order valence-electron chi connectivity index (χ3n) is 3.88. The van der Waals surface area contributed by atoms with Crippen molar-refractivity contribution in [3.63, 3.8) is 0 Å². The minimum atomic E-state index is -2.29. The first-order chi connectivity index (χ1) is 10.9. The molecular weight excluding hydrogens is 317 g/mol. The zero-order chi connectivity index (χ0) is 16.7. The van der Waals surface area contributed by atoms with Gasteiger partial charge in [-0.25, -0.2) is 22.0 Å². The lowest BCUT2D eigenvalue weighted by Gasteiger charge is -2.15. The first-order valence-electron chi connectivity index (χ1n) is 6.82. The summed E-state index contributed by atoms with van der Waals surface area (Å²) in [6, 6.07) is 6.61. The molecule has 23 heavy (non-hydrogen) atoms. The highest BCUT2D eigenvalue weighted by Crippen LogP contribution is 2.31. The van der Waals surface area contributed by atoms with Crippen molar-refractivity contribution in [1.82, 2.24) is 5.32 Å². The molecule has 0 bridgehead atoms. The van der Waals surface area contributed by atoms with Gasteiger partial charge in [-0.15, -0.1) is 0 Å². The zero-order valence-corrected chi connectivity index (χ0v) is 11.6. The van der Waals surface area contributed by atoms with Crippen LogP contribution in [0.5, 0.6) is 0 Å². The third kappa shape index (κ3) is 2.46. The number of amides is 1. The molecule has 1 atom stereocenters. The fraction of sp³-hybridized carbons (Fsp3) is 0.188. The van der Waals surface area contributed by atoms with Gasteiger partial charge >= 0.3 is 0 Å². The maximum absolute atomic E-state index is 13.6. The first-order valence-corrected chi connectivity index (χ1v) is 6.82. The normalized spacial score (nSPS) is 16.3. The van der Waals surface area contributed by atoms with Crippen LogP contribution >= 0.6 is 0 Å². The Bertz CT molecular complexity index is 776. The lowest BCUT2D eigenvalue weighted by Crippen LogP contribution is -2.30. The van der Waals surface area contributed by atoms with E-state index in [-0.39, 0.29) is 0 Å². The highest BCUT2D eigenvalue weighted by molar-refractivity contribution is 5.95. The molecule has 1 aliphatic carbocycles. The predicted octanol–water partition coefficient (Wildman–Crippen LogP) is 3.80. The molecule has 2 aromatic carbocycles. The van der Waals surface area contributed by atoms with Gasteiger partial charge in [0.05, 0.1) is 6.04 Å². The summed E-state index contributed by atoms with van der Waals surface area (Å²) in [5.41, 5.74) is 0.269. The summed E-state index contributed by atoms with van der Waals surface area (Å²) in [5.74, 6) is -12.2. The molecule has 1 amide bonds. The van der Waals surface area contributed by atoms with Gasteiger partial charge in [0.25, 0.3) is 5.91 Å². The number of rotatable bonds is 2. The standard InChI is InChI=1S/C16H10F5NO/c17-11-10(12(18)14(20)15(21)13(11)19)16(23)22-9-6-5-7-3-1-2-4-8(7)9/h1-4,9H,5-6H2,(H,22,23). The maximum atomic E-state index is 13.6. The number of hydrogen-bond donors (Lipinski definition) is 1. The Labute approximate surface area is 127 Å². The van der Waals surface area contributed by atoms with Crippen LogP contribution in [0.1, 0.15) is 33.9 Å². The fourth-order valence-electron chi connectivity index (χ4n) is 2.74. The summed E-state index contributed by atoms with van der Waals surface area (Å²) in [6.45, 7) is 0. The van der Waals surface area contributed by atoms with E-state index in [1.807, 2.05) is 12.1 Å². The number of aryl methyl sites for hydroxylation is 1. The monoisotopic (exact) mass is 327 g/mol. The van der Waals surface area contributed by atoms with Gasteiger partial charge in [0.2, 0.25) is 5.82 Å². The quantitative estimate of drug-likeness (QED) is 0.507. The molecular formula is C16H10F5NO. The van der Waals surface area contributed by atoms with Gasteiger partial charge < -0.3 is 5.32 Å². The van der Waals surface area contributed by atoms with Crippen LogP contribution in [0, 0.1) is 29.1 Å². The van der Waals surface area contributed by atoms with E-state index in [4.69, 9.17) is 0 Å². The van der Waals surface area contributed by atoms with Gasteiger partial charge in [-0.3, -0.25) is 4.79 Å². The Morgan fingerprint density at radius 2 is 1.48 bits per heavy atom. The molecule has 0 spiro atoms. The number of hydrogen-bond acceptors (Lipinski definition) is 1. The molecule has 0 heterocycles. The second-order valence-corrected chi connectivity index (χ2v) is 5.21. The predicted molar refractivity (Wildman–Crippen MR) is 71.2 cm³/mol. The highest BCUT2D eigenvalue weighted by Gasteiger charge is 2.32. The van der Waals surface area contributed by atoms with Gasteiger partial charge in [0, 0.05) is 0 Å². The van der Waals surface area contributed by atoms with Crippen LogP contribution in [0.15, 0.2) is 24.3 Å².